The Hall–Kier alpha value is -0.573. The van der Waals surface area contributed by atoms with E-state index in [4.69, 9.17) is 9.90 Å². The van der Waals surface area contributed by atoms with Crippen molar-refractivity contribution in [2.24, 2.45) is 0 Å². The van der Waals surface area contributed by atoms with E-state index in [0.717, 1.165) is 6.92 Å². The molecule has 3 heteroatoms. The molecule has 0 fully saturated rings. The lowest BCUT2D eigenvalue weighted by molar-refractivity contribution is -0.134. The van der Waals surface area contributed by atoms with E-state index < -0.39 is 14.0 Å². The fourth-order valence-corrected chi connectivity index (χ4v) is 0. The van der Waals surface area contributed by atoms with Gasteiger partial charge in [-0.3, -0.25) is 4.79 Å². The van der Waals surface area contributed by atoms with Crippen molar-refractivity contribution in [1.82, 2.24) is 0 Å². The molecule has 0 aromatic carbocycles. The molecule has 0 aromatic rings. The Bertz CT molecular complexity index is 109. The molecule has 0 amide bonds. The van der Waals surface area contributed by atoms with E-state index in [9.17, 15) is 0 Å². The number of carboxylic acids is 1. The third kappa shape index (κ3) is 52.1. The van der Waals surface area contributed by atoms with Crippen molar-refractivity contribution in [3.8, 4) is 0 Å². The molecule has 0 rings (SSSR count). The third-order valence-electron chi connectivity index (χ3n) is 0.612. The van der Waals surface area contributed by atoms with Gasteiger partial charge in [0.15, 0.2) is 0 Å². The zero-order valence-corrected chi connectivity index (χ0v) is 8.14. The molecule has 0 heterocycles. The lowest BCUT2D eigenvalue weighted by atomic mass is 10.9. The molecule has 60 valence electrons. The van der Waals surface area contributed by atoms with E-state index in [1.165, 1.54) is 0 Å². The molecule has 0 aliphatic carbocycles. The van der Waals surface area contributed by atoms with E-state index in [1.807, 2.05) is 0 Å². The summed E-state index contributed by atoms with van der Waals surface area (Å²) in [5, 5.41) is 7.42. The van der Waals surface area contributed by atoms with Gasteiger partial charge in [0.05, 0.1) is 8.07 Å². The van der Waals surface area contributed by atoms with Gasteiger partial charge in [-0.05, 0) is 0 Å². The summed E-state index contributed by atoms with van der Waals surface area (Å²) in [6.07, 6.45) is 0. The molecule has 0 saturated heterocycles. The molecule has 2 nitrogen and oxygen atoms in total. The van der Waals surface area contributed by atoms with Crippen molar-refractivity contribution >= 4 is 14.0 Å². The second-order valence-corrected chi connectivity index (χ2v) is 8.23. The first-order valence-electron chi connectivity index (χ1n) is 3.12. The number of rotatable bonds is 1. The highest BCUT2D eigenvalue weighted by Gasteiger charge is 2.03. The topological polar surface area (TPSA) is 37.3 Å². The highest BCUT2D eigenvalue weighted by atomic mass is 28.3. The molecule has 10 heavy (non-hydrogen) atoms. The van der Waals surface area contributed by atoms with E-state index in [0.29, 0.717) is 0 Å². The molecule has 0 aromatic heterocycles. The Morgan fingerprint density at radius 1 is 1.50 bits per heavy atom. The summed E-state index contributed by atoms with van der Waals surface area (Å²) in [5.41, 5.74) is 2.08. The molecule has 0 aliphatic rings. The SMILES string of the molecule is C=C[Si](C)(C)C.CC(=O)O. The van der Waals surface area contributed by atoms with Crippen LogP contribution in [-0.2, 0) is 4.79 Å². The molecule has 0 aliphatic heterocycles. The van der Waals surface area contributed by atoms with E-state index in [1.54, 1.807) is 0 Å². The van der Waals surface area contributed by atoms with Crippen molar-refractivity contribution in [2.45, 2.75) is 26.6 Å². The van der Waals surface area contributed by atoms with Gasteiger partial charge in [-0.15, -0.1) is 12.3 Å². The number of carboxylic acid groups (broad SMARTS) is 1. The Labute approximate surface area is 63.6 Å². The molecule has 0 atom stereocenters. The molecular formula is C7H16O2Si. The van der Waals surface area contributed by atoms with Crippen molar-refractivity contribution in [2.75, 3.05) is 0 Å². The fraction of sp³-hybridized carbons (Fsp3) is 0.571. The van der Waals surface area contributed by atoms with Gasteiger partial charge in [0, 0.05) is 6.92 Å². The molecule has 0 radical (unpaired) electrons. The first kappa shape index (κ1) is 12.1. The Morgan fingerprint density at radius 2 is 1.60 bits per heavy atom. The van der Waals surface area contributed by atoms with Crippen LogP contribution in [0, 0.1) is 0 Å². The van der Waals surface area contributed by atoms with Gasteiger partial charge < -0.3 is 5.11 Å². The van der Waals surface area contributed by atoms with Gasteiger partial charge in [-0.1, -0.05) is 19.6 Å². The standard InChI is InChI=1S/C5H12Si.C2H4O2/c1-5-6(2,3)4;1-2(3)4/h5H,1H2,2-4H3;1H3,(H,3,4). The lowest BCUT2D eigenvalue weighted by Gasteiger charge is -2.04. The average molecular weight is 160 g/mol. The quantitative estimate of drug-likeness (QED) is 0.597. The van der Waals surface area contributed by atoms with Crippen LogP contribution >= 0.6 is 0 Å². The van der Waals surface area contributed by atoms with Crippen LogP contribution in [0.1, 0.15) is 6.92 Å². The summed E-state index contributed by atoms with van der Waals surface area (Å²) in [6.45, 7) is 11.6. The second kappa shape index (κ2) is 5.23. The molecule has 0 bridgehead atoms. The van der Waals surface area contributed by atoms with Gasteiger partial charge in [-0.25, -0.2) is 0 Å². The molecule has 0 unspecified atom stereocenters. The van der Waals surface area contributed by atoms with Crippen molar-refractivity contribution in [3.05, 3.63) is 12.3 Å². The van der Waals surface area contributed by atoms with Crippen LogP contribution in [0.15, 0.2) is 12.3 Å². The summed E-state index contributed by atoms with van der Waals surface area (Å²) in [4.78, 5) is 9.00. The van der Waals surface area contributed by atoms with Crippen LogP contribution in [0.5, 0.6) is 0 Å². The summed E-state index contributed by atoms with van der Waals surface area (Å²) < 4.78 is 0. The van der Waals surface area contributed by atoms with Gasteiger partial charge in [-0.2, -0.15) is 0 Å². The van der Waals surface area contributed by atoms with Crippen LogP contribution in [0.25, 0.3) is 0 Å². The van der Waals surface area contributed by atoms with Crippen LogP contribution in [-0.4, -0.2) is 19.1 Å². The smallest absolute Gasteiger partial charge is 0.300 e. The minimum Gasteiger partial charge on any atom is -0.481 e. The Morgan fingerprint density at radius 3 is 1.60 bits per heavy atom. The zero-order chi connectivity index (χ0) is 8.78. The van der Waals surface area contributed by atoms with Gasteiger partial charge in [0.1, 0.15) is 0 Å². The average Bonchev–Trinajstić information content (AvgIpc) is 1.63. The highest BCUT2D eigenvalue weighted by Crippen LogP contribution is 1.98. The van der Waals surface area contributed by atoms with E-state index >= 15 is 0 Å². The molecule has 1 N–H and O–H groups in total. The van der Waals surface area contributed by atoms with Crippen LogP contribution < -0.4 is 0 Å². The normalized spacial score (nSPS) is 9.20. The largest absolute Gasteiger partial charge is 0.481 e. The maximum atomic E-state index is 9.00. The first-order chi connectivity index (χ1) is 4.29. The molecular weight excluding hydrogens is 144 g/mol. The third-order valence-corrected chi connectivity index (χ3v) is 1.84. The van der Waals surface area contributed by atoms with E-state index in [2.05, 4.69) is 31.9 Å². The summed E-state index contributed by atoms with van der Waals surface area (Å²) >= 11 is 0. The first-order valence-corrected chi connectivity index (χ1v) is 6.70. The Balaban J connectivity index is 0. The molecule has 0 spiro atoms. The fourth-order valence-electron chi connectivity index (χ4n) is 0. The number of carbonyl (C=O) groups is 1. The summed E-state index contributed by atoms with van der Waals surface area (Å²) in [5.74, 6) is -0.833. The molecule has 0 saturated carbocycles. The van der Waals surface area contributed by atoms with Crippen LogP contribution in [0.2, 0.25) is 19.6 Å². The second-order valence-electron chi connectivity index (χ2n) is 3.09. The lowest BCUT2D eigenvalue weighted by Crippen LogP contribution is -2.14. The van der Waals surface area contributed by atoms with Crippen molar-refractivity contribution < 1.29 is 9.90 Å². The van der Waals surface area contributed by atoms with Crippen LogP contribution in [0.4, 0.5) is 0 Å². The van der Waals surface area contributed by atoms with Gasteiger partial charge in [0.25, 0.3) is 5.97 Å². The number of hydrogen-bond acceptors (Lipinski definition) is 1. The monoisotopic (exact) mass is 160 g/mol. The predicted molar refractivity (Wildman–Crippen MR) is 46.9 cm³/mol. The van der Waals surface area contributed by atoms with Crippen molar-refractivity contribution in [1.29, 1.82) is 0 Å². The van der Waals surface area contributed by atoms with Gasteiger partial charge in [0.2, 0.25) is 0 Å². The number of aliphatic carboxylic acids is 1. The highest BCUT2D eigenvalue weighted by molar-refractivity contribution is 6.80. The predicted octanol–water partition coefficient (Wildman–Crippen LogP) is 2.14. The zero-order valence-electron chi connectivity index (χ0n) is 7.14. The summed E-state index contributed by atoms with van der Waals surface area (Å²) in [7, 11) is -0.867. The van der Waals surface area contributed by atoms with E-state index in [-0.39, 0.29) is 0 Å². The Kier molecular flexibility index (Phi) is 6.35. The van der Waals surface area contributed by atoms with Crippen LogP contribution in [0.3, 0.4) is 0 Å². The maximum Gasteiger partial charge on any atom is 0.300 e. The minimum absolute atomic E-state index is 0.833. The minimum atomic E-state index is -0.867. The van der Waals surface area contributed by atoms with Crippen molar-refractivity contribution in [3.63, 3.8) is 0 Å². The van der Waals surface area contributed by atoms with Gasteiger partial charge >= 0.3 is 0 Å². The summed E-state index contributed by atoms with van der Waals surface area (Å²) in [6, 6.07) is 0. The maximum absolute atomic E-state index is 9.00. The number of hydrogen-bond donors (Lipinski definition) is 1.